The molecule has 2 aromatic heterocycles. The van der Waals surface area contributed by atoms with Gasteiger partial charge in [0.1, 0.15) is 23.5 Å². The highest BCUT2D eigenvalue weighted by molar-refractivity contribution is 6.01. The lowest BCUT2D eigenvalue weighted by atomic mass is 10.1. The van der Waals surface area contributed by atoms with E-state index in [1.807, 2.05) is 18.2 Å². The Balaban J connectivity index is 1.74. The van der Waals surface area contributed by atoms with Crippen molar-refractivity contribution in [2.45, 2.75) is 13.3 Å². The number of carbonyl (C=O) groups is 1. The predicted octanol–water partition coefficient (Wildman–Crippen LogP) is 3.44. The maximum atomic E-state index is 12.2. The van der Waals surface area contributed by atoms with Gasteiger partial charge in [0, 0.05) is 12.0 Å². The number of benzene rings is 1. The monoisotopic (exact) mass is 342 g/mol. The van der Waals surface area contributed by atoms with Gasteiger partial charge in [-0.2, -0.15) is 4.98 Å². The smallest absolute Gasteiger partial charge is 0.301 e. The maximum absolute atomic E-state index is 12.2. The molecule has 2 heterocycles. The molecule has 25 heavy (non-hydrogen) atoms. The van der Waals surface area contributed by atoms with E-state index in [9.17, 15) is 4.79 Å². The number of nitrogens with one attached hydrogen (secondary N) is 1. The van der Waals surface area contributed by atoms with Crippen molar-refractivity contribution in [1.82, 2.24) is 4.98 Å². The van der Waals surface area contributed by atoms with Gasteiger partial charge in [-0.25, -0.2) is 0 Å². The van der Waals surface area contributed by atoms with E-state index in [0.29, 0.717) is 17.9 Å². The molecule has 1 amide bonds. The highest BCUT2D eigenvalue weighted by Crippen LogP contribution is 2.27. The fourth-order valence-electron chi connectivity index (χ4n) is 2.37. The van der Waals surface area contributed by atoms with Gasteiger partial charge in [0.05, 0.1) is 19.9 Å². The largest absolute Gasteiger partial charge is 0.497 e. The summed E-state index contributed by atoms with van der Waals surface area (Å²) in [4.78, 5) is 16.2. The lowest BCUT2D eigenvalue weighted by Gasteiger charge is -2.09. The zero-order chi connectivity index (χ0) is 17.8. The molecule has 1 N–H and O–H groups in total. The molecule has 7 heteroatoms. The SMILES string of the molecule is COc1ccc(OC)c(Cc2ccc(C(=O)Nc3nc(C)co3)o2)c1. The maximum Gasteiger partial charge on any atom is 0.301 e. The summed E-state index contributed by atoms with van der Waals surface area (Å²) < 4.78 is 21.3. The summed E-state index contributed by atoms with van der Waals surface area (Å²) in [7, 11) is 3.20. The van der Waals surface area contributed by atoms with Gasteiger partial charge in [0.15, 0.2) is 5.76 Å². The molecule has 0 atom stereocenters. The van der Waals surface area contributed by atoms with E-state index in [0.717, 1.165) is 17.1 Å². The van der Waals surface area contributed by atoms with Crippen molar-refractivity contribution < 1.29 is 23.1 Å². The van der Waals surface area contributed by atoms with Crippen molar-refractivity contribution >= 4 is 11.9 Å². The first-order valence-corrected chi connectivity index (χ1v) is 7.62. The number of carbonyl (C=O) groups excluding carboxylic acids is 1. The van der Waals surface area contributed by atoms with Crippen LogP contribution in [0.3, 0.4) is 0 Å². The number of amides is 1. The Morgan fingerprint density at radius 2 is 2.04 bits per heavy atom. The van der Waals surface area contributed by atoms with E-state index >= 15 is 0 Å². The van der Waals surface area contributed by atoms with Crippen LogP contribution in [0.2, 0.25) is 0 Å². The van der Waals surface area contributed by atoms with Crippen LogP contribution >= 0.6 is 0 Å². The number of hydrogen-bond donors (Lipinski definition) is 1. The van der Waals surface area contributed by atoms with Gasteiger partial charge in [-0.15, -0.1) is 0 Å². The fourth-order valence-corrected chi connectivity index (χ4v) is 2.37. The third-order valence-corrected chi connectivity index (χ3v) is 3.58. The first-order valence-electron chi connectivity index (χ1n) is 7.62. The summed E-state index contributed by atoms with van der Waals surface area (Å²) in [5, 5.41) is 2.54. The molecule has 0 saturated heterocycles. The molecule has 0 aliphatic carbocycles. The summed E-state index contributed by atoms with van der Waals surface area (Å²) >= 11 is 0. The molecular weight excluding hydrogens is 324 g/mol. The molecule has 0 fully saturated rings. The van der Waals surface area contributed by atoms with Gasteiger partial charge in [-0.3, -0.25) is 10.1 Å². The quantitative estimate of drug-likeness (QED) is 0.738. The molecule has 7 nitrogen and oxygen atoms in total. The third-order valence-electron chi connectivity index (χ3n) is 3.58. The Labute approximate surface area is 144 Å². The topological polar surface area (TPSA) is 86.7 Å². The van der Waals surface area contributed by atoms with Crippen LogP contribution in [0, 0.1) is 6.92 Å². The lowest BCUT2D eigenvalue weighted by molar-refractivity contribution is 0.0992. The second-order valence-electron chi connectivity index (χ2n) is 5.37. The van der Waals surface area contributed by atoms with Crippen molar-refractivity contribution in [3.8, 4) is 11.5 Å². The zero-order valence-electron chi connectivity index (χ0n) is 14.2. The van der Waals surface area contributed by atoms with Gasteiger partial charge in [-0.05, 0) is 37.3 Å². The van der Waals surface area contributed by atoms with Crippen LogP contribution in [-0.4, -0.2) is 25.1 Å². The lowest BCUT2D eigenvalue weighted by Crippen LogP contribution is -2.11. The number of ether oxygens (including phenoxy) is 2. The molecular formula is C18H18N2O5. The Bertz CT molecular complexity index is 881. The van der Waals surface area contributed by atoms with Crippen LogP contribution in [0.5, 0.6) is 11.5 Å². The van der Waals surface area contributed by atoms with E-state index in [4.69, 9.17) is 18.3 Å². The molecule has 0 spiro atoms. The number of anilines is 1. The van der Waals surface area contributed by atoms with E-state index in [-0.39, 0.29) is 11.8 Å². The average molecular weight is 342 g/mol. The van der Waals surface area contributed by atoms with Crippen LogP contribution in [0.15, 0.2) is 45.4 Å². The van der Waals surface area contributed by atoms with Crippen molar-refractivity contribution in [3.63, 3.8) is 0 Å². The van der Waals surface area contributed by atoms with E-state index < -0.39 is 5.91 Å². The average Bonchev–Trinajstić information content (AvgIpc) is 3.24. The van der Waals surface area contributed by atoms with Crippen molar-refractivity contribution in [3.05, 3.63) is 59.4 Å². The molecule has 0 unspecified atom stereocenters. The molecule has 1 aromatic carbocycles. The minimum absolute atomic E-state index is 0.134. The molecule has 0 saturated carbocycles. The molecule has 3 rings (SSSR count). The minimum atomic E-state index is -0.425. The van der Waals surface area contributed by atoms with Crippen LogP contribution in [-0.2, 0) is 6.42 Å². The summed E-state index contributed by atoms with van der Waals surface area (Å²) in [6.07, 6.45) is 1.92. The van der Waals surface area contributed by atoms with Gasteiger partial charge in [-0.1, -0.05) is 0 Å². The van der Waals surface area contributed by atoms with Gasteiger partial charge in [0.2, 0.25) is 0 Å². The Hall–Kier alpha value is -3.22. The molecule has 0 aliphatic rings. The molecule has 0 bridgehead atoms. The standard InChI is InChI=1S/C18H18N2O5/c1-11-10-24-18(19-11)20-17(21)16-7-5-14(25-16)9-12-8-13(22-2)4-6-15(12)23-3/h4-8,10H,9H2,1-3H3,(H,19,20,21). The predicted molar refractivity (Wildman–Crippen MR) is 90.3 cm³/mol. The fraction of sp³-hybridized carbons (Fsp3) is 0.222. The highest BCUT2D eigenvalue weighted by Gasteiger charge is 2.15. The first kappa shape index (κ1) is 16.6. The van der Waals surface area contributed by atoms with Crippen LogP contribution in [0.1, 0.15) is 27.6 Å². The summed E-state index contributed by atoms with van der Waals surface area (Å²) in [6.45, 7) is 1.77. The van der Waals surface area contributed by atoms with Crippen molar-refractivity contribution in [2.75, 3.05) is 19.5 Å². The number of methoxy groups -OCH3 is 2. The van der Waals surface area contributed by atoms with Gasteiger partial charge in [0.25, 0.3) is 5.91 Å². The number of nitrogens with zero attached hydrogens (tertiary/aromatic N) is 1. The van der Waals surface area contributed by atoms with Gasteiger partial charge >= 0.3 is 6.01 Å². The zero-order valence-corrected chi connectivity index (χ0v) is 14.2. The molecule has 3 aromatic rings. The van der Waals surface area contributed by atoms with Gasteiger partial charge < -0.3 is 18.3 Å². The second-order valence-corrected chi connectivity index (χ2v) is 5.37. The summed E-state index contributed by atoms with van der Waals surface area (Å²) in [5.74, 6) is 1.82. The number of furan rings is 1. The number of aromatic nitrogens is 1. The van der Waals surface area contributed by atoms with Crippen molar-refractivity contribution in [1.29, 1.82) is 0 Å². The van der Waals surface area contributed by atoms with Crippen molar-refractivity contribution in [2.24, 2.45) is 0 Å². The first-order chi connectivity index (χ1) is 12.1. The van der Waals surface area contributed by atoms with E-state index in [1.165, 1.54) is 6.26 Å². The van der Waals surface area contributed by atoms with Crippen LogP contribution in [0.25, 0.3) is 0 Å². The number of aryl methyl sites for hydroxylation is 1. The van der Waals surface area contributed by atoms with Crippen LogP contribution in [0.4, 0.5) is 6.01 Å². The highest BCUT2D eigenvalue weighted by atomic mass is 16.5. The Kier molecular flexibility index (Phi) is 4.74. The van der Waals surface area contributed by atoms with E-state index in [2.05, 4.69) is 10.3 Å². The molecule has 0 aliphatic heterocycles. The number of oxazole rings is 1. The molecule has 0 radical (unpaired) electrons. The normalized spacial score (nSPS) is 10.5. The molecule has 130 valence electrons. The van der Waals surface area contributed by atoms with E-state index in [1.54, 1.807) is 33.3 Å². The van der Waals surface area contributed by atoms with Crippen LogP contribution < -0.4 is 14.8 Å². The number of rotatable bonds is 6. The third kappa shape index (κ3) is 3.82. The minimum Gasteiger partial charge on any atom is -0.497 e. The number of hydrogen-bond acceptors (Lipinski definition) is 6. The second kappa shape index (κ2) is 7.12. The Morgan fingerprint density at radius 1 is 1.20 bits per heavy atom. The summed E-state index contributed by atoms with van der Waals surface area (Å²) in [5.41, 5.74) is 1.58. The Morgan fingerprint density at radius 3 is 2.72 bits per heavy atom. The summed E-state index contributed by atoms with van der Waals surface area (Å²) in [6, 6.07) is 9.00.